The van der Waals surface area contributed by atoms with Gasteiger partial charge in [0.2, 0.25) is 17.6 Å². The second-order valence-electron chi connectivity index (χ2n) is 8.81. The van der Waals surface area contributed by atoms with Crippen molar-refractivity contribution in [2.45, 2.75) is 26.3 Å². The number of nitrogens with zero attached hydrogens (tertiary/aromatic N) is 3. The van der Waals surface area contributed by atoms with Gasteiger partial charge in [0.15, 0.2) is 0 Å². The van der Waals surface area contributed by atoms with Gasteiger partial charge in [-0.1, -0.05) is 47.6 Å². The summed E-state index contributed by atoms with van der Waals surface area (Å²) in [6, 6.07) is 25.1. The Morgan fingerprint density at radius 3 is 2.40 bits per heavy atom. The van der Waals surface area contributed by atoms with Crippen molar-refractivity contribution in [3.8, 4) is 22.9 Å². The molecule has 0 bridgehead atoms. The summed E-state index contributed by atoms with van der Waals surface area (Å²) in [5.74, 6) is 2.77. The number of anilines is 1. The molecule has 0 unspecified atom stereocenters. The summed E-state index contributed by atoms with van der Waals surface area (Å²) in [5.41, 5.74) is 2.87. The van der Waals surface area contributed by atoms with E-state index in [1.165, 1.54) is 0 Å². The predicted octanol–water partition coefficient (Wildman–Crippen LogP) is 5.69. The number of ether oxygens (including phenoxy) is 1. The number of hydrogen-bond acceptors (Lipinski definition) is 6. The molecule has 1 N–H and O–H groups in total. The number of rotatable bonds is 7. The van der Waals surface area contributed by atoms with Crippen molar-refractivity contribution in [2.24, 2.45) is 5.92 Å². The summed E-state index contributed by atoms with van der Waals surface area (Å²) in [7, 11) is 0. The van der Waals surface area contributed by atoms with E-state index in [2.05, 4.69) is 20.4 Å². The number of hydrogen-bond donors (Lipinski definition) is 1. The van der Waals surface area contributed by atoms with Gasteiger partial charge in [-0.25, -0.2) is 0 Å². The fourth-order valence-corrected chi connectivity index (χ4v) is 4.27. The molecule has 0 spiro atoms. The SMILES string of the molecule is Cc1ccccc1-c1noc(CN2CCC(C(=O)Nc3ccc(Oc4ccccc4)cc3)CC2)n1. The predicted molar refractivity (Wildman–Crippen MR) is 134 cm³/mol. The van der Waals surface area contributed by atoms with Crippen molar-refractivity contribution >= 4 is 11.6 Å². The molecule has 1 aliphatic heterocycles. The lowest BCUT2D eigenvalue weighted by Crippen LogP contribution is -2.37. The number of benzene rings is 3. The fraction of sp³-hybridized carbons (Fsp3) is 0.250. The maximum Gasteiger partial charge on any atom is 0.241 e. The van der Waals surface area contributed by atoms with E-state index in [1.807, 2.05) is 85.8 Å². The molecular weight excluding hydrogens is 440 g/mol. The van der Waals surface area contributed by atoms with Crippen molar-refractivity contribution in [1.82, 2.24) is 15.0 Å². The molecule has 1 aromatic heterocycles. The molecule has 1 fully saturated rings. The Morgan fingerprint density at radius 1 is 0.971 bits per heavy atom. The van der Waals surface area contributed by atoms with Gasteiger partial charge in [0, 0.05) is 17.2 Å². The molecule has 0 aliphatic carbocycles. The lowest BCUT2D eigenvalue weighted by molar-refractivity contribution is -0.121. The van der Waals surface area contributed by atoms with Gasteiger partial charge in [-0.3, -0.25) is 9.69 Å². The summed E-state index contributed by atoms with van der Waals surface area (Å²) in [4.78, 5) is 19.6. The number of carbonyl (C=O) groups excluding carboxylic acids is 1. The third kappa shape index (κ3) is 5.75. The van der Waals surface area contributed by atoms with E-state index < -0.39 is 0 Å². The van der Waals surface area contributed by atoms with Gasteiger partial charge in [-0.05, 0) is 74.8 Å². The molecule has 0 saturated carbocycles. The number of likely N-dealkylation sites (tertiary alicyclic amines) is 1. The van der Waals surface area contributed by atoms with E-state index in [-0.39, 0.29) is 11.8 Å². The Balaban J connectivity index is 1.10. The number of aromatic nitrogens is 2. The number of piperidine rings is 1. The highest BCUT2D eigenvalue weighted by molar-refractivity contribution is 5.92. The van der Waals surface area contributed by atoms with Crippen LogP contribution < -0.4 is 10.1 Å². The van der Waals surface area contributed by atoms with Crippen molar-refractivity contribution in [3.63, 3.8) is 0 Å². The largest absolute Gasteiger partial charge is 0.457 e. The zero-order valence-corrected chi connectivity index (χ0v) is 19.7. The molecule has 1 aliphatic rings. The van der Waals surface area contributed by atoms with Gasteiger partial charge < -0.3 is 14.6 Å². The standard InChI is InChI=1S/C28H28N4O3/c1-20-7-5-6-10-25(20)27-30-26(35-31-27)19-32-17-15-21(16-18-32)28(33)29-22-11-13-24(14-12-22)34-23-8-3-2-4-9-23/h2-14,21H,15-19H2,1H3,(H,29,33). The molecule has 35 heavy (non-hydrogen) atoms. The van der Waals surface area contributed by atoms with Gasteiger partial charge in [-0.15, -0.1) is 0 Å². The third-order valence-corrected chi connectivity index (χ3v) is 6.27. The van der Waals surface area contributed by atoms with Gasteiger partial charge in [0.1, 0.15) is 11.5 Å². The molecule has 1 amide bonds. The van der Waals surface area contributed by atoms with Crippen LogP contribution in [0.4, 0.5) is 5.69 Å². The van der Waals surface area contributed by atoms with Crippen LogP contribution in [-0.2, 0) is 11.3 Å². The van der Waals surface area contributed by atoms with E-state index in [9.17, 15) is 4.79 Å². The minimum absolute atomic E-state index is 0.0169. The van der Waals surface area contributed by atoms with Crippen LogP contribution >= 0.6 is 0 Å². The highest BCUT2D eigenvalue weighted by atomic mass is 16.5. The zero-order valence-electron chi connectivity index (χ0n) is 19.7. The summed E-state index contributed by atoms with van der Waals surface area (Å²) in [6.45, 7) is 4.25. The van der Waals surface area contributed by atoms with Crippen LogP contribution in [0.25, 0.3) is 11.4 Å². The van der Waals surface area contributed by atoms with E-state index in [0.717, 1.165) is 54.2 Å². The number of carbonyl (C=O) groups is 1. The molecule has 1 saturated heterocycles. The minimum atomic E-state index is -0.0169. The second-order valence-corrected chi connectivity index (χ2v) is 8.81. The van der Waals surface area contributed by atoms with E-state index in [0.29, 0.717) is 18.3 Å². The number of aryl methyl sites for hydroxylation is 1. The first kappa shape index (κ1) is 22.8. The van der Waals surface area contributed by atoms with Crippen LogP contribution in [0.1, 0.15) is 24.3 Å². The normalized spacial score (nSPS) is 14.5. The van der Waals surface area contributed by atoms with Crippen LogP contribution in [-0.4, -0.2) is 34.0 Å². The van der Waals surface area contributed by atoms with E-state index >= 15 is 0 Å². The van der Waals surface area contributed by atoms with Gasteiger partial charge in [0.25, 0.3) is 0 Å². The summed E-state index contributed by atoms with van der Waals surface area (Å²) >= 11 is 0. The number of amides is 1. The number of nitrogens with one attached hydrogen (secondary N) is 1. The first-order valence-corrected chi connectivity index (χ1v) is 11.9. The van der Waals surface area contributed by atoms with Crippen LogP contribution in [0.15, 0.2) is 83.4 Å². The molecule has 3 aromatic carbocycles. The van der Waals surface area contributed by atoms with E-state index in [4.69, 9.17) is 9.26 Å². The zero-order chi connectivity index (χ0) is 24.0. The molecule has 0 radical (unpaired) electrons. The number of para-hydroxylation sites is 1. The summed E-state index contributed by atoms with van der Waals surface area (Å²) in [6.07, 6.45) is 1.58. The average Bonchev–Trinajstić information content (AvgIpc) is 3.35. The minimum Gasteiger partial charge on any atom is -0.457 e. The van der Waals surface area contributed by atoms with Crippen molar-refractivity contribution in [3.05, 3.63) is 90.3 Å². The first-order chi connectivity index (χ1) is 17.1. The molecule has 5 rings (SSSR count). The first-order valence-electron chi connectivity index (χ1n) is 11.9. The van der Waals surface area contributed by atoms with E-state index in [1.54, 1.807) is 0 Å². The Labute approximate surface area is 204 Å². The van der Waals surface area contributed by atoms with Gasteiger partial charge >= 0.3 is 0 Å². The average molecular weight is 469 g/mol. The molecule has 178 valence electrons. The Hall–Kier alpha value is -3.97. The smallest absolute Gasteiger partial charge is 0.241 e. The van der Waals surface area contributed by atoms with Crippen molar-refractivity contribution < 1.29 is 14.1 Å². The molecule has 4 aromatic rings. The highest BCUT2D eigenvalue weighted by Gasteiger charge is 2.26. The van der Waals surface area contributed by atoms with Crippen LogP contribution in [0, 0.1) is 12.8 Å². The monoisotopic (exact) mass is 468 g/mol. The van der Waals surface area contributed by atoms with Gasteiger partial charge in [0.05, 0.1) is 6.54 Å². The lowest BCUT2D eigenvalue weighted by Gasteiger charge is -2.30. The van der Waals surface area contributed by atoms with Crippen molar-refractivity contribution in [2.75, 3.05) is 18.4 Å². The maximum absolute atomic E-state index is 12.8. The quantitative estimate of drug-likeness (QED) is 0.375. The third-order valence-electron chi connectivity index (χ3n) is 6.27. The van der Waals surface area contributed by atoms with Gasteiger partial charge in [-0.2, -0.15) is 4.98 Å². The Bertz CT molecular complexity index is 1260. The topological polar surface area (TPSA) is 80.5 Å². The highest BCUT2D eigenvalue weighted by Crippen LogP contribution is 2.25. The Kier molecular flexibility index (Phi) is 6.86. The fourth-order valence-electron chi connectivity index (χ4n) is 4.27. The summed E-state index contributed by atoms with van der Waals surface area (Å²) in [5, 5.41) is 7.19. The van der Waals surface area contributed by atoms with Crippen LogP contribution in [0.5, 0.6) is 11.5 Å². The molecule has 7 nitrogen and oxygen atoms in total. The maximum atomic E-state index is 12.8. The summed E-state index contributed by atoms with van der Waals surface area (Å²) < 4.78 is 11.3. The second kappa shape index (κ2) is 10.5. The van der Waals surface area contributed by atoms with Crippen molar-refractivity contribution in [1.29, 1.82) is 0 Å². The van der Waals surface area contributed by atoms with Crippen LogP contribution in [0.2, 0.25) is 0 Å². The Morgan fingerprint density at radius 2 is 1.66 bits per heavy atom. The molecule has 2 heterocycles. The molecule has 7 heteroatoms. The van der Waals surface area contributed by atoms with Crippen LogP contribution in [0.3, 0.4) is 0 Å². The molecular formula is C28H28N4O3. The lowest BCUT2D eigenvalue weighted by atomic mass is 9.96. The molecule has 0 atom stereocenters.